The first-order valence-electron chi connectivity index (χ1n) is 9.42. The fourth-order valence-corrected chi connectivity index (χ4v) is 5.17. The molecule has 1 aromatic rings. The minimum Gasteiger partial charge on any atom is -0.411 e. The largest absolute Gasteiger partial charge is 0.411 e. The summed E-state index contributed by atoms with van der Waals surface area (Å²) in [6.45, 7) is 10.7. The van der Waals surface area contributed by atoms with Gasteiger partial charge in [-0.2, -0.15) is 0 Å². The summed E-state index contributed by atoms with van der Waals surface area (Å²) < 4.78 is 13.8. The van der Waals surface area contributed by atoms with Crippen molar-refractivity contribution in [3.8, 4) is 0 Å². The molecular formula is C18H30N2O6Si. The Kier molecular flexibility index (Phi) is 5.05. The van der Waals surface area contributed by atoms with Gasteiger partial charge in [-0.05, 0) is 37.4 Å². The van der Waals surface area contributed by atoms with Crippen LogP contribution < -0.4 is 11.2 Å². The van der Waals surface area contributed by atoms with Crippen LogP contribution in [0.15, 0.2) is 21.9 Å². The first-order valence-corrected chi connectivity index (χ1v) is 12.3. The van der Waals surface area contributed by atoms with E-state index in [1.165, 1.54) is 12.3 Å². The number of rotatable bonds is 3. The predicted octanol–water partition coefficient (Wildman–Crippen LogP) is 1.10. The van der Waals surface area contributed by atoms with Crippen molar-refractivity contribution in [3.63, 3.8) is 0 Å². The van der Waals surface area contributed by atoms with Crippen molar-refractivity contribution in [2.75, 3.05) is 0 Å². The second kappa shape index (κ2) is 6.66. The van der Waals surface area contributed by atoms with Gasteiger partial charge in [0.05, 0.1) is 6.10 Å². The van der Waals surface area contributed by atoms with Gasteiger partial charge in [-0.25, -0.2) is 4.79 Å². The van der Waals surface area contributed by atoms with E-state index in [4.69, 9.17) is 9.16 Å². The second-order valence-electron chi connectivity index (χ2n) is 9.18. The van der Waals surface area contributed by atoms with Crippen LogP contribution in [0.2, 0.25) is 18.1 Å². The Bertz CT molecular complexity index is 813. The molecule has 1 saturated heterocycles. The number of hydrogen-bond acceptors (Lipinski definition) is 6. The van der Waals surface area contributed by atoms with Crippen molar-refractivity contribution in [1.82, 2.24) is 9.55 Å². The lowest BCUT2D eigenvalue weighted by Gasteiger charge is -2.43. The van der Waals surface area contributed by atoms with Gasteiger partial charge < -0.3 is 19.4 Å². The fraction of sp³-hybridized carbons (Fsp3) is 0.778. The van der Waals surface area contributed by atoms with E-state index in [0.717, 1.165) is 17.4 Å². The molecule has 3 rings (SSSR count). The smallest absolute Gasteiger partial charge is 0.330 e. The van der Waals surface area contributed by atoms with E-state index in [9.17, 15) is 19.8 Å². The highest BCUT2D eigenvalue weighted by Gasteiger charge is 2.62. The number of aromatic amines is 1. The molecule has 2 fully saturated rings. The third-order valence-corrected chi connectivity index (χ3v) is 10.9. The Morgan fingerprint density at radius 3 is 2.59 bits per heavy atom. The van der Waals surface area contributed by atoms with E-state index in [-0.39, 0.29) is 11.1 Å². The van der Waals surface area contributed by atoms with Crippen molar-refractivity contribution < 1.29 is 19.4 Å². The van der Waals surface area contributed by atoms with Crippen molar-refractivity contribution >= 4 is 8.32 Å². The molecular weight excluding hydrogens is 368 g/mol. The predicted molar refractivity (Wildman–Crippen MR) is 102 cm³/mol. The van der Waals surface area contributed by atoms with Gasteiger partial charge in [0, 0.05) is 12.3 Å². The number of hydrogen-bond donors (Lipinski definition) is 3. The van der Waals surface area contributed by atoms with Crippen LogP contribution in [0.5, 0.6) is 0 Å². The molecule has 0 aromatic carbocycles. The van der Waals surface area contributed by atoms with Crippen LogP contribution in [0.25, 0.3) is 0 Å². The summed E-state index contributed by atoms with van der Waals surface area (Å²) in [4.78, 5) is 25.6. The van der Waals surface area contributed by atoms with Gasteiger partial charge in [-0.3, -0.25) is 14.3 Å². The van der Waals surface area contributed by atoms with Crippen LogP contribution in [0.3, 0.4) is 0 Å². The van der Waals surface area contributed by atoms with Crippen molar-refractivity contribution in [2.24, 2.45) is 0 Å². The highest BCUT2D eigenvalue weighted by Crippen LogP contribution is 2.50. The van der Waals surface area contributed by atoms with Gasteiger partial charge in [0.25, 0.3) is 5.56 Å². The van der Waals surface area contributed by atoms with Gasteiger partial charge >= 0.3 is 5.69 Å². The van der Waals surface area contributed by atoms with Gasteiger partial charge in [0.15, 0.2) is 14.5 Å². The molecule has 2 aliphatic rings. The molecule has 1 saturated carbocycles. The number of nitrogens with zero attached hydrogens (tertiary/aromatic N) is 1. The molecule has 8 nitrogen and oxygen atoms in total. The van der Waals surface area contributed by atoms with E-state index in [2.05, 4.69) is 38.8 Å². The summed E-state index contributed by atoms with van der Waals surface area (Å²) in [5, 5.41) is 21.5. The Balaban J connectivity index is 1.93. The van der Waals surface area contributed by atoms with Crippen molar-refractivity contribution in [2.45, 2.75) is 88.3 Å². The molecule has 1 aliphatic heterocycles. The normalized spacial score (nSPS) is 34.5. The summed E-state index contributed by atoms with van der Waals surface area (Å²) in [7, 11) is -2.12. The summed E-state index contributed by atoms with van der Waals surface area (Å²) in [5.41, 5.74) is -2.27. The van der Waals surface area contributed by atoms with E-state index in [0.29, 0.717) is 6.42 Å². The Labute approximate surface area is 159 Å². The molecule has 5 atom stereocenters. The lowest BCUT2D eigenvalue weighted by atomic mass is 9.91. The topological polar surface area (TPSA) is 114 Å². The maximum atomic E-state index is 12.1. The molecule has 0 amide bonds. The molecule has 1 aliphatic carbocycles. The maximum absolute atomic E-state index is 12.1. The van der Waals surface area contributed by atoms with E-state index in [1.807, 2.05) is 0 Å². The molecule has 1 spiro atoms. The zero-order chi connectivity index (χ0) is 20.2. The Morgan fingerprint density at radius 2 is 2.00 bits per heavy atom. The number of H-pyrrole nitrogens is 1. The zero-order valence-corrected chi connectivity index (χ0v) is 17.6. The van der Waals surface area contributed by atoms with Crippen LogP contribution in [0.4, 0.5) is 0 Å². The number of nitrogens with one attached hydrogen (secondary N) is 1. The highest BCUT2D eigenvalue weighted by molar-refractivity contribution is 6.74. The van der Waals surface area contributed by atoms with E-state index >= 15 is 0 Å². The quantitative estimate of drug-likeness (QED) is 0.657. The summed E-state index contributed by atoms with van der Waals surface area (Å²) in [6, 6.07) is 1.19. The Morgan fingerprint density at radius 1 is 1.33 bits per heavy atom. The first-order chi connectivity index (χ1) is 12.4. The molecule has 2 heterocycles. The highest BCUT2D eigenvalue weighted by atomic mass is 28.4. The molecule has 0 radical (unpaired) electrons. The first kappa shape index (κ1) is 20.5. The third-order valence-electron chi connectivity index (χ3n) is 6.40. The average molecular weight is 399 g/mol. The van der Waals surface area contributed by atoms with Crippen LogP contribution >= 0.6 is 0 Å². The lowest BCUT2D eigenvalue weighted by Crippen LogP contribution is -2.55. The van der Waals surface area contributed by atoms with Crippen molar-refractivity contribution in [1.29, 1.82) is 0 Å². The number of aliphatic hydroxyl groups excluding tert-OH is 2. The van der Waals surface area contributed by atoms with Crippen LogP contribution in [0, 0.1) is 0 Å². The SMILES string of the molecule is CC(C)(C)[Si](C)(C)O[C@@H]1CCC[C@]12O[C@@H](n1ccc(=O)[nH]c1=O)[C@H](O)[C@@H]2O. The minimum absolute atomic E-state index is 0.00574. The molecule has 1 aromatic heterocycles. The fourth-order valence-electron chi connectivity index (χ4n) is 3.79. The minimum atomic E-state index is -2.12. The number of ether oxygens (including phenoxy) is 1. The molecule has 0 bridgehead atoms. The molecule has 9 heteroatoms. The maximum Gasteiger partial charge on any atom is 0.330 e. The summed E-state index contributed by atoms with van der Waals surface area (Å²) >= 11 is 0. The standard InChI is InChI=1S/C18H30N2O6Si/c1-17(2,3)27(4,5)26-11-7-6-9-18(11)14(23)13(22)15(25-18)20-10-8-12(21)19-16(20)24/h8,10-11,13-15,22-23H,6-7,9H2,1-5H3,(H,19,21,24)/t11-,13-,14+,15-,18+/m1/s1. The van der Waals surface area contributed by atoms with E-state index in [1.54, 1.807) is 0 Å². The molecule has 3 N–H and O–H groups in total. The third kappa shape index (κ3) is 3.36. The van der Waals surface area contributed by atoms with Gasteiger partial charge in [-0.1, -0.05) is 20.8 Å². The van der Waals surface area contributed by atoms with Gasteiger partial charge in [0.1, 0.15) is 17.8 Å². The van der Waals surface area contributed by atoms with Crippen LogP contribution in [-0.4, -0.2) is 52.0 Å². The van der Waals surface area contributed by atoms with Gasteiger partial charge in [-0.15, -0.1) is 0 Å². The van der Waals surface area contributed by atoms with E-state index < -0.39 is 43.6 Å². The monoisotopic (exact) mass is 398 g/mol. The Hall–Kier alpha value is -1.26. The number of aliphatic hydroxyl groups is 2. The van der Waals surface area contributed by atoms with Crippen molar-refractivity contribution in [3.05, 3.63) is 33.1 Å². The zero-order valence-electron chi connectivity index (χ0n) is 16.6. The molecule has 27 heavy (non-hydrogen) atoms. The number of aromatic nitrogens is 2. The lowest BCUT2D eigenvalue weighted by molar-refractivity contribution is -0.145. The van der Waals surface area contributed by atoms with Crippen LogP contribution in [-0.2, 0) is 9.16 Å². The van der Waals surface area contributed by atoms with Gasteiger partial charge in [0.2, 0.25) is 0 Å². The average Bonchev–Trinajstić information content (AvgIpc) is 3.04. The molecule has 152 valence electrons. The second-order valence-corrected chi connectivity index (χ2v) is 13.9. The summed E-state index contributed by atoms with van der Waals surface area (Å²) in [5.74, 6) is 0. The van der Waals surface area contributed by atoms with Crippen LogP contribution in [0.1, 0.15) is 46.3 Å². The molecule has 0 unspecified atom stereocenters. The summed E-state index contributed by atoms with van der Waals surface area (Å²) in [6.07, 6.45) is -0.561.